The van der Waals surface area contributed by atoms with Crippen LogP contribution in [0.5, 0.6) is 0 Å². The van der Waals surface area contributed by atoms with Crippen molar-refractivity contribution in [3.63, 3.8) is 0 Å². The van der Waals surface area contributed by atoms with E-state index in [-0.39, 0.29) is 11.8 Å². The number of carbonyl (C=O) groups is 1. The molecule has 0 aromatic carbocycles. The topological polar surface area (TPSA) is 92.3 Å². The largest absolute Gasteiger partial charge is 0.340 e. The zero-order valence-electron chi connectivity index (χ0n) is 15.7. The fraction of sp³-hybridized carbons (Fsp3) is 0.824. The van der Waals surface area contributed by atoms with Crippen molar-refractivity contribution >= 4 is 5.91 Å². The average Bonchev–Trinajstić information content (AvgIpc) is 2.95. The lowest BCUT2D eigenvalue weighted by Crippen LogP contribution is -2.61. The number of rotatable bonds is 4. The first-order valence-electron chi connectivity index (χ1n) is 9.22. The third-order valence-corrected chi connectivity index (χ3v) is 5.45. The van der Waals surface area contributed by atoms with Gasteiger partial charge in [0.1, 0.15) is 11.6 Å². The molecule has 2 aliphatic rings. The van der Waals surface area contributed by atoms with E-state index in [9.17, 15) is 4.79 Å². The molecule has 0 bridgehead atoms. The number of likely N-dealkylation sites (tertiary alicyclic amines) is 1. The molecule has 0 spiro atoms. The summed E-state index contributed by atoms with van der Waals surface area (Å²) in [6.07, 6.45) is 3.45. The minimum atomic E-state index is -0.705. The van der Waals surface area contributed by atoms with Gasteiger partial charge in [-0.3, -0.25) is 4.79 Å². The number of hydrogen-bond donors (Lipinski definition) is 2. The van der Waals surface area contributed by atoms with Gasteiger partial charge in [-0.15, -0.1) is 10.2 Å². The van der Waals surface area contributed by atoms with E-state index in [0.717, 1.165) is 50.7 Å². The van der Waals surface area contributed by atoms with Gasteiger partial charge in [-0.05, 0) is 52.9 Å². The predicted molar refractivity (Wildman–Crippen MR) is 96.0 cm³/mol. The standard InChI is InChI=1S/C17H31N7O/c1-22(2)12-14-20-21-15(23(14)3)13-5-4-10-24(11-13)16(25)17(18)6-8-19-9-7-17/h13,19H,4-12,18H2,1-3H3/t13-/m0/s1. The van der Waals surface area contributed by atoms with Gasteiger partial charge in [-0.1, -0.05) is 0 Å². The molecule has 2 aliphatic heterocycles. The average molecular weight is 349 g/mol. The third kappa shape index (κ3) is 3.86. The van der Waals surface area contributed by atoms with Gasteiger partial charge in [0, 0.05) is 26.1 Å². The van der Waals surface area contributed by atoms with E-state index in [1.54, 1.807) is 0 Å². The van der Waals surface area contributed by atoms with Crippen LogP contribution in [0.3, 0.4) is 0 Å². The van der Waals surface area contributed by atoms with Crippen molar-refractivity contribution < 1.29 is 4.79 Å². The third-order valence-electron chi connectivity index (χ3n) is 5.45. The first-order chi connectivity index (χ1) is 11.9. The Bertz CT molecular complexity index is 606. The molecule has 140 valence electrons. The Kier molecular flexibility index (Phi) is 5.41. The monoisotopic (exact) mass is 349 g/mol. The van der Waals surface area contributed by atoms with Gasteiger partial charge < -0.3 is 25.4 Å². The molecule has 8 nitrogen and oxygen atoms in total. The molecule has 1 amide bonds. The first-order valence-corrected chi connectivity index (χ1v) is 9.22. The molecule has 25 heavy (non-hydrogen) atoms. The molecule has 0 aliphatic carbocycles. The van der Waals surface area contributed by atoms with E-state index in [4.69, 9.17) is 5.73 Å². The molecule has 1 aromatic rings. The number of nitrogens with zero attached hydrogens (tertiary/aromatic N) is 5. The number of nitrogens with one attached hydrogen (secondary N) is 1. The van der Waals surface area contributed by atoms with Crippen molar-refractivity contribution in [3.05, 3.63) is 11.6 Å². The summed E-state index contributed by atoms with van der Waals surface area (Å²) in [7, 11) is 6.07. The van der Waals surface area contributed by atoms with Crippen LogP contribution < -0.4 is 11.1 Å². The molecule has 0 radical (unpaired) electrons. The Balaban J connectivity index is 1.71. The second-order valence-corrected chi connectivity index (χ2v) is 7.77. The van der Waals surface area contributed by atoms with Crippen molar-refractivity contribution in [2.45, 2.75) is 43.7 Å². The molecule has 3 rings (SSSR count). The van der Waals surface area contributed by atoms with Gasteiger partial charge >= 0.3 is 0 Å². The van der Waals surface area contributed by atoms with Crippen LogP contribution >= 0.6 is 0 Å². The van der Waals surface area contributed by atoms with Gasteiger partial charge in [0.15, 0.2) is 0 Å². The lowest BCUT2D eigenvalue weighted by Gasteiger charge is -2.40. The van der Waals surface area contributed by atoms with E-state index in [0.29, 0.717) is 19.4 Å². The molecular formula is C17H31N7O. The summed E-state index contributed by atoms with van der Waals surface area (Å²) < 4.78 is 2.08. The number of hydrogen-bond acceptors (Lipinski definition) is 6. The maximum atomic E-state index is 13.0. The minimum Gasteiger partial charge on any atom is -0.340 e. The maximum Gasteiger partial charge on any atom is 0.242 e. The normalized spacial score (nSPS) is 23.9. The number of nitrogens with two attached hydrogens (primary N) is 1. The molecular weight excluding hydrogens is 318 g/mol. The summed E-state index contributed by atoms with van der Waals surface area (Å²) in [6, 6.07) is 0. The van der Waals surface area contributed by atoms with Crippen LogP contribution in [0.2, 0.25) is 0 Å². The molecule has 0 unspecified atom stereocenters. The van der Waals surface area contributed by atoms with Gasteiger partial charge in [0.2, 0.25) is 5.91 Å². The van der Waals surface area contributed by atoms with Crippen molar-refractivity contribution in [2.24, 2.45) is 12.8 Å². The highest BCUT2D eigenvalue weighted by Gasteiger charge is 2.40. The first kappa shape index (κ1) is 18.3. The molecule has 3 heterocycles. The Morgan fingerprint density at radius 2 is 2.08 bits per heavy atom. The fourth-order valence-corrected chi connectivity index (χ4v) is 3.93. The summed E-state index contributed by atoms with van der Waals surface area (Å²) in [6.45, 7) is 3.88. The summed E-state index contributed by atoms with van der Waals surface area (Å²) in [4.78, 5) is 17.1. The van der Waals surface area contributed by atoms with Gasteiger partial charge in [0.05, 0.1) is 12.1 Å². The second kappa shape index (κ2) is 7.39. The van der Waals surface area contributed by atoms with Crippen molar-refractivity contribution in [2.75, 3.05) is 40.3 Å². The van der Waals surface area contributed by atoms with E-state index in [1.165, 1.54) is 0 Å². The molecule has 2 saturated heterocycles. The van der Waals surface area contributed by atoms with Crippen LogP contribution in [0.1, 0.15) is 43.3 Å². The van der Waals surface area contributed by atoms with Gasteiger partial charge in [-0.2, -0.15) is 0 Å². The highest BCUT2D eigenvalue weighted by atomic mass is 16.2. The Hall–Kier alpha value is -1.51. The molecule has 1 atom stereocenters. The van der Waals surface area contributed by atoms with Crippen LogP contribution in [0, 0.1) is 0 Å². The number of carbonyl (C=O) groups excluding carboxylic acids is 1. The van der Waals surface area contributed by atoms with Crippen molar-refractivity contribution in [3.8, 4) is 0 Å². The number of amides is 1. The van der Waals surface area contributed by atoms with Gasteiger partial charge in [0.25, 0.3) is 0 Å². The zero-order chi connectivity index (χ0) is 18.0. The highest BCUT2D eigenvalue weighted by molar-refractivity contribution is 5.86. The zero-order valence-corrected chi connectivity index (χ0v) is 15.7. The van der Waals surface area contributed by atoms with E-state index < -0.39 is 5.54 Å². The molecule has 1 aromatic heterocycles. The molecule has 3 N–H and O–H groups in total. The Labute approximate surface area is 149 Å². The van der Waals surface area contributed by atoms with E-state index in [1.807, 2.05) is 26.0 Å². The summed E-state index contributed by atoms with van der Waals surface area (Å²) in [5.41, 5.74) is 5.73. The number of aromatic nitrogens is 3. The van der Waals surface area contributed by atoms with Crippen LogP contribution in [0.15, 0.2) is 0 Å². The second-order valence-electron chi connectivity index (χ2n) is 7.77. The van der Waals surface area contributed by atoms with E-state index in [2.05, 4.69) is 25.0 Å². The van der Waals surface area contributed by atoms with Crippen LogP contribution in [-0.2, 0) is 18.4 Å². The Morgan fingerprint density at radius 3 is 2.76 bits per heavy atom. The van der Waals surface area contributed by atoms with Crippen molar-refractivity contribution in [1.82, 2.24) is 29.9 Å². The summed E-state index contributed by atoms with van der Waals surface area (Å²) >= 11 is 0. The molecule has 8 heteroatoms. The number of piperidine rings is 2. The van der Waals surface area contributed by atoms with Crippen LogP contribution in [0.25, 0.3) is 0 Å². The summed E-state index contributed by atoms with van der Waals surface area (Å²) in [5.74, 6) is 2.27. The smallest absolute Gasteiger partial charge is 0.242 e. The van der Waals surface area contributed by atoms with Crippen LogP contribution in [0.4, 0.5) is 0 Å². The summed E-state index contributed by atoms with van der Waals surface area (Å²) in [5, 5.41) is 12.0. The molecule has 0 saturated carbocycles. The van der Waals surface area contributed by atoms with E-state index >= 15 is 0 Å². The SMILES string of the molecule is CN(C)Cc1nnc([C@H]2CCCN(C(=O)C3(N)CCNCC3)C2)n1C. The maximum absolute atomic E-state index is 13.0. The Morgan fingerprint density at radius 1 is 1.36 bits per heavy atom. The quantitative estimate of drug-likeness (QED) is 0.773. The molecule has 2 fully saturated rings. The fourth-order valence-electron chi connectivity index (χ4n) is 3.93. The highest BCUT2D eigenvalue weighted by Crippen LogP contribution is 2.28. The van der Waals surface area contributed by atoms with Gasteiger partial charge in [-0.25, -0.2) is 0 Å². The predicted octanol–water partition coefficient (Wildman–Crippen LogP) is -0.336. The minimum absolute atomic E-state index is 0.106. The lowest BCUT2D eigenvalue weighted by atomic mass is 9.86. The van der Waals surface area contributed by atoms with Crippen molar-refractivity contribution in [1.29, 1.82) is 0 Å². The van der Waals surface area contributed by atoms with Crippen LogP contribution in [-0.4, -0.2) is 76.3 Å². The lowest BCUT2D eigenvalue weighted by molar-refractivity contribution is -0.139.